The molecular formula is C19H21N3O4. The summed E-state index contributed by atoms with van der Waals surface area (Å²) in [7, 11) is 0. The molecule has 0 saturated carbocycles. The van der Waals surface area contributed by atoms with Crippen molar-refractivity contribution in [1.82, 2.24) is 10.3 Å². The number of carbonyl (C=O) groups is 2. The molecule has 136 valence electrons. The molecule has 1 aliphatic heterocycles. The van der Waals surface area contributed by atoms with Crippen molar-refractivity contribution in [1.29, 1.82) is 0 Å². The quantitative estimate of drug-likeness (QED) is 0.778. The van der Waals surface area contributed by atoms with Crippen LogP contribution in [0, 0.1) is 0 Å². The fourth-order valence-electron chi connectivity index (χ4n) is 2.49. The summed E-state index contributed by atoms with van der Waals surface area (Å²) < 4.78 is 11.0. The van der Waals surface area contributed by atoms with Crippen LogP contribution in [0.4, 0.5) is 5.69 Å². The minimum absolute atomic E-state index is 0.169. The number of nitrogens with zero attached hydrogens (tertiary/aromatic N) is 1. The Morgan fingerprint density at radius 1 is 1.08 bits per heavy atom. The standard InChI is InChI=1S/C19H21N3O4/c1-2-3-7-21-18(23)13-6-8-20-15(11-13)19(24)22-14-4-5-16-17(12-14)26-10-9-25-16/h4-6,8,11-12H,2-3,7,9-10H2,1H3,(H,21,23)(H,22,24). The first-order valence-corrected chi connectivity index (χ1v) is 8.62. The molecular weight excluding hydrogens is 334 g/mol. The van der Waals surface area contributed by atoms with Gasteiger partial charge in [-0.2, -0.15) is 0 Å². The Kier molecular flexibility index (Phi) is 5.68. The molecule has 0 fully saturated rings. The predicted molar refractivity (Wildman–Crippen MR) is 96.9 cm³/mol. The van der Waals surface area contributed by atoms with Gasteiger partial charge in [0.1, 0.15) is 18.9 Å². The zero-order valence-corrected chi connectivity index (χ0v) is 14.6. The molecule has 7 nitrogen and oxygen atoms in total. The third-order valence-corrected chi connectivity index (χ3v) is 3.87. The third-order valence-electron chi connectivity index (χ3n) is 3.87. The van der Waals surface area contributed by atoms with E-state index in [2.05, 4.69) is 22.5 Å². The molecule has 2 heterocycles. The Morgan fingerprint density at radius 3 is 2.69 bits per heavy atom. The molecule has 2 amide bonds. The lowest BCUT2D eigenvalue weighted by atomic mass is 10.2. The van der Waals surface area contributed by atoms with E-state index in [0.29, 0.717) is 42.5 Å². The second-order valence-electron chi connectivity index (χ2n) is 5.85. The number of fused-ring (bicyclic) bond motifs is 1. The van der Waals surface area contributed by atoms with Crippen LogP contribution in [0.5, 0.6) is 11.5 Å². The normalized spacial score (nSPS) is 12.3. The van der Waals surface area contributed by atoms with E-state index < -0.39 is 5.91 Å². The Hall–Kier alpha value is -3.09. The SMILES string of the molecule is CCCCNC(=O)c1ccnc(C(=O)Nc2ccc3c(c2)OCCO3)c1. The number of carbonyl (C=O) groups excluding carboxylic acids is 2. The lowest BCUT2D eigenvalue weighted by Crippen LogP contribution is -2.25. The summed E-state index contributed by atoms with van der Waals surface area (Å²) in [5.74, 6) is 0.628. The highest BCUT2D eigenvalue weighted by Crippen LogP contribution is 2.32. The van der Waals surface area contributed by atoms with Gasteiger partial charge in [-0.25, -0.2) is 0 Å². The van der Waals surface area contributed by atoms with E-state index in [1.54, 1.807) is 24.3 Å². The highest BCUT2D eigenvalue weighted by Gasteiger charge is 2.15. The molecule has 2 aromatic rings. The van der Waals surface area contributed by atoms with Gasteiger partial charge in [0.05, 0.1) is 0 Å². The first-order valence-electron chi connectivity index (χ1n) is 8.62. The van der Waals surface area contributed by atoms with Gasteiger partial charge in [0, 0.05) is 30.1 Å². The molecule has 0 radical (unpaired) electrons. The zero-order chi connectivity index (χ0) is 18.4. The van der Waals surface area contributed by atoms with Crippen molar-refractivity contribution < 1.29 is 19.1 Å². The Labute approximate surface area is 151 Å². The summed E-state index contributed by atoms with van der Waals surface area (Å²) in [5, 5.41) is 5.58. The molecule has 0 bridgehead atoms. The molecule has 0 spiro atoms. The first kappa shape index (κ1) is 17.7. The maximum absolute atomic E-state index is 12.4. The number of anilines is 1. The van der Waals surface area contributed by atoms with Crippen LogP contribution in [-0.2, 0) is 0 Å². The molecule has 7 heteroatoms. The highest BCUT2D eigenvalue weighted by molar-refractivity contribution is 6.04. The maximum atomic E-state index is 12.4. The van der Waals surface area contributed by atoms with Gasteiger partial charge in [-0.05, 0) is 30.7 Å². The van der Waals surface area contributed by atoms with Crippen LogP contribution in [0.3, 0.4) is 0 Å². The van der Waals surface area contributed by atoms with Gasteiger partial charge in [0.25, 0.3) is 11.8 Å². The summed E-state index contributed by atoms with van der Waals surface area (Å²) >= 11 is 0. The van der Waals surface area contributed by atoms with Crippen LogP contribution in [0.2, 0.25) is 0 Å². The van der Waals surface area contributed by atoms with Crippen molar-refractivity contribution in [2.24, 2.45) is 0 Å². The van der Waals surface area contributed by atoms with Crippen molar-refractivity contribution >= 4 is 17.5 Å². The van der Waals surface area contributed by atoms with Crippen LogP contribution in [0.1, 0.15) is 40.6 Å². The van der Waals surface area contributed by atoms with Crippen molar-refractivity contribution in [3.8, 4) is 11.5 Å². The molecule has 26 heavy (non-hydrogen) atoms. The highest BCUT2D eigenvalue weighted by atomic mass is 16.6. The average molecular weight is 355 g/mol. The van der Waals surface area contributed by atoms with E-state index in [4.69, 9.17) is 9.47 Å². The summed E-state index contributed by atoms with van der Waals surface area (Å²) in [5.41, 5.74) is 1.14. The topological polar surface area (TPSA) is 89.6 Å². The monoisotopic (exact) mass is 355 g/mol. The van der Waals surface area contributed by atoms with Gasteiger partial charge in [-0.3, -0.25) is 14.6 Å². The lowest BCUT2D eigenvalue weighted by Gasteiger charge is -2.19. The summed E-state index contributed by atoms with van der Waals surface area (Å²) in [4.78, 5) is 28.6. The number of aromatic nitrogens is 1. The van der Waals surface area contributed by atoms with E-state index >= 15 is 0 Å². The minimum atomic E-state index is -0.398. The van der Waals surface area contributed by atoms with Gasteiger partial charge in [0.15, 0.2) is 11.5 Å². The van der Waals surface area contributed by atoms with Crippen LogP contribution in [-0.4, -0.2) is 36.6 Å². The number of pyridine rings is 1. The predicted octanol–water partition coefficient (Wildman–Crippen LogP) is 2.64. The van der Waals surface area contributed by atoms with E-state index in [1.165, 1.54) is 12.3 Å². The third kappa shape index (κ3) is 4.30. The van der Waals surface area contributed by atoms with Crippen LogP contribution in [0.25, 0.3) is 0 Å². The summed E-state index contributed by atoms with van der Waals surface area (Å²) in [6.45, 7) is 3.65. The smallest absolute Gasteiger partial charge is 0.274 e. The first-order chi connectivity index (χ1) is 12.7. The molecule has 1 aromatic carbocycles. The number of hydrogen-bond acceptors (Lipinski definition) is 5. The second kappa shape index (κ2) is 8.33. The molecule has 0 atom stereocenters. The summed E-state index contributed by atoms with van der Waals surface area (Å²) in [6, 6.07) is 8.24. The Bertz CT molecular complexity index is 807. The molecule has 0 unspecified atom stereocenters. The number of nitrogens with one attached hydrogen (secondary N) is 2. The van der Waals surface area contributed by atoms with E-state index in [1.807, 2.05) is 0 Å². The van der Waals surface area contributed by atoms with Crippen LogP contribution >= 0.6 is 0 Å². The number of hydrogen-bond donors (Lipinski definition) is 2. The largest absolute Gasteiger partial charge is 0.486 e. The molecule has 3 rings (SSSR count). The number of ether oxygens (including phenoxy) is 2. The van der Waals surface area contributed by atoms with Gasteiger partial charge in [-0.1, -0.05) is 13.3 Å². The van der Waals surface area contributed by atoms with E-state index in [0.717, 1.165) is 12.8 Å². The number of benzene rings is 1. The zero-order valence-electron chi connectivity index (χ0n) is 14.6. The molecule has 1 aromatic heterocycles. The Morgan fingerprint density at radius 2 is 1.88 bits per heavy atom. The molecule has 0 aliphatic carbocycles. The molecule has 1 aliphatic rings. The number of amides is 2. The second-order valence-corrected chi connectivity index (χ2v) is 5.85. The van der Waals surface area contributed by atoms with Crippen LogP contribution in [0.15, 0.2) is 36.5 Å². The molecule has 0 saturated heterocycles. The number of rotatable bonds is 6. The fraction of sp³-hybridized carbons (Fsp3) is 0.316. The maximum Gasteiger partial charge on any atom is 0.274 e. The molecule has 2 N–H and O–H groups in total. The lowest BCUT2D eigenvalue weighted by molar-refractivity contribution is 0.0953. The fourth-order valence-corrected chi connectivity index (χ4v) is 2.49. The van der Waals surface area contributed by atoms with Gasteiger partial charge in [0.2, 0.25) is 0 Å². The van der Waals surface area contributed by atoms with E-state index in [-0.39, 0.29) is 11.6 Å². The Balaban J connectivity index is 1.68. The van der Waals surface area contributed by atoms with Crippen molar-refractivity contribution in [2.45, 2.75) is 19.8 Å². The van der Waals surface area contributed by atoms with Gasteiger partial charge < -0.3 is 20.1 Å². The van der Waals surface area contributed by atoms with Gasteiger partial charge >= 0.3 is 0 Å². The van der Waals surface area contributed by atoms with Crippen molar-refractivity contribution in [3.63, 3.8) is 0 Å². The van der Waals surface area contributed by atoms with Crippen LogP contribution < -0.4 is 20.1 Å². The number of unbranched alkanes of at least 4 members (excludes halogenated alkanes) is 1. The summed E-state index contributed by atoms with van der Waals surface area (Å²) in [6.07, 6.45) is 3.36. The minimum Gasteiger partial charge on any atom is -0.486 e. The van der Waals surface area contributed by atoms with Crippen molar-refractivity contribution in [3.05, 3.63) is 47.8 Å². The van der Waals surface area contributed by atoms with Gasteiger partial charge in [-0.15, -0.1) is 0 Å². The van der Waals surface area contributed by atoms with Crippen molar-refractivity contribution in [2.75, 3.05) is 25.1 Å². The average Bonchev–Trinajstić information content (AvgIpc) is 2.68. The van der Waals surface area contributed by atoms with E-state index in [9.17, 15) is 9.59 Å².